The van der Waals surface area contributed by atoms with Crippen LogP contribution in [0, 0.1) is 13.8 Å². The highest BCUT2D eigenvalue weighted by Gasteiger charge is 2.10. The topological polar surface area (TPSA) is 47.8 Å². The second-order valence-corrected chi connectivity index (χ2v) is 4.52. The minimum absolute atomic E-state index is 0.117. The highest BCUT2D eigenvalue weighted by molar-refractivity contribution is 7.98. The van der Waals surface area contributed by atoms with Gasteiger partial charge in [-0.15, -0.1) is 10.2 Å². The van der Waals surface area contributed by atoms with Crippen LogP contribution in [0.5, 0.6) is 0 Å². The summed E-state index contributed by atoms with van der Waals surface area (Å²) in [6.45, 7) is 3.68. The van der Waals surface area contributed by atoms with E-state index in [-0.39, 0.29) is 5.56 Å². The predicted molar refractivity (Wildman–Crippen MR) is 68.9 cm³/mol. The molecule has 0 saturated heterocycles. The molecule has 0 atom stereocenters. The second-order valence-electron chi connectivity index (χ2n) is 3.75. The standard InChI is InChI=1S/C12H13N3OS/c1-8-4-6-10(7-5-8)15-11(16)9(2)13-14-12(15)17-3/h4-7H,1-3H3. The minimum atomic E-state index is -0.117. The van der Waals surface area contributed by atoms with Gasteiger partial charge in [-0.25, -0.2) is 0 Å². The SMILES string of the molecule is CSc1nnc(C)c(=O)n1-c1ccc(C)cc1. The van der Waals surface area contributed by atoms with E-state index in [0.717, 1.165) is 11.3 Å². The lowest BCUT2D eigenvalue weighted by Gasteiger charge is -2.09. The summed E-state index contributed by atoms with van der Waals surface area (Å²) in [5.74, 6) is 0. The molecule has 2 rings (SSSR count). The molecule has 0 saturated carbocycles. The molecular weight excluding hydrogens is 234 g/mol. The molecule has 1 aromatic heterocycles. The van der Waals surface area contributed by atoms with Crippen molar-refractivity contribution in [2.45, 2.75) is 19.0 Å². The van der Waals surface area contributed by atoms with Crippen LogP contribution in [0.25, 0.3) is 5.69 Å². The smallest absolute Gasteiger partial charge is 0.267 e. The lowest BCUT2D eigenvalue weighted by molar-refractivity contribution is 0.708. The summed E-state index contributed by atoms with van der Waals surface area (Å²) < 4.78 is 1.59. The fourth-order valence-corrected chi connectivity index (χ4v) is 2.00. The van der Waals surface area contributed by atoms with Crippen LogP contribution in [0.3, 0.4) is 0 Å². The van der Waals surface area contributed by atoms with Gasteiger partial charge < -0.3 is 0 Å². The zero-order valence-electron chi connectivity index (χ0n) is 9.97. The Morgan fingerprint density at radius 2 is 1.76 bits per heavy atom. The molecule has 2 aromatic rings. The van der Waals surface area contributed by atoms with E-state index in [9.17, 15) is 4.79 Å². The number of hydrogen-bond donors (Lipinski definition) is 0. The van der Waals surface area contributed by atoms with Crippen molar-refractivity contribution >= 4 is 11.8 Å². The summed E-state index contributed by atoms with van der Waals surface area (Å²) in [6, 6.07) is 7.78. The number of aromatic nitrogens is 3. The molecule has 0 aliphatic rings. The molecule has 0 fully saturated rings. The molecule has 88 valence electrons. The lowest BCUT2D eigenvalue weighted by Crippen LogP contribution is -2.25. The van der Waals surface area contributed by atoms with Crippen LogP contribution in [-0.2, 0) is 0 Å². The number of hydrogen-bond acceptors (Lipinski definition) is 4. The summed E-state index contributed by atoms with van der Waals surface area (Å²) in [5, 5.41) is 8.48. The third-order valence-corrected chi connectivity index (χ3v) is 3.09. The number of benzene rings is 1. The van der Waals surface area contributed by atoms with Gasteiger partial charge in [-0.1, -0.05) is 29.5 Å². The Morgan fingerprint density at radius 1 is 1.12 bits per heavy atom. The van der Waals surface area contributed by atoms with Gasteiger partial charge in [0, 0.05) is 0 Å². The molecule has 1 aromatic carbocycles. The van der Waals surface area contributed by atoms with Crippen molar-refractivity contribution in [3.63, 3.8) is 0 Å². The zero-order valence-corrected chi connectivity index (χ0v) is 10.8. The Bertz CT molecular complexity index is 590. The average molecular weight is 247 g/mol. The number of thioether (sulfide) groups is 1. The zero-order chi connectivity index (χ0) is 12.4. The third kappa shape index (κ3) is 2.24. The normalized spacial score (nSPS) is 10.5. The van der Waals surface area contributed by atoms with Gasteiger partial charge in [-0.3, -0.25) is 9.36 Å². The van der Waals surface area contributed by atoms with Crippen LogP contribution in [0.1, 0.15) is 11.3 Å². The van der Waals surface area contributed by atoms with Crippen molar-refractivity contribution in [3.05, 3.63) is 45.9 Å². The fourth-order valence-electron chi connectivity index (χ4n) is 1.51. The van der Waals surface area contributed by atoms with Crippen molar-refractivity contribution in [3.8, 4) is 5.69 Å². The summed E-state index contributed by atoms with van der Waals surface area (Å²) in [5.41, 5.74) is 2.27. The Labute approximate surface area is 104 Å². The van der Waals surface area contributed by atoms with Crippen LogP contribution in [0.15, 0.2) is 34.2 Å². The van der Waals surface area contributed by atoms with Crippen molar-refractivity contribution in [2.24, 2.45) is 0 Å². The molecule has 0 bridgehead atoms. The first-order valence-electron chi connectivity index (χ1n) is 5.21. The molecular formula is C12H13N3OS. The van der Waals surface area contributed by atoms with E-state index in [1.807, 2.05) is 37.4 Å². The Balaban J connectivity index is 2.69. The van der Waals surface area contributed by atoms with Crippen LogP contribution in [0.2, 0.25) is 0 Å². The van der Waals surface area contributed by atoms with E-state index in [1.165, 1.54) is 11.8 Å². The van der Waals surface area contributed by atoms with Crippen molar-refractivity contribution in [2.75, 3.05) is 6.26 Å². The summed E-state index contributed by atoms with van der Waals surface area (Å²) in [4.78, 5) is 12.1. The van der Waals surface area contributed by atoms with Gasteiger partial charge in [0.05, 0.1) is 5.69 Å². The fraction of sp³-hybridized carbons (Fsp3) is 0.250. The third-order valence-electron chi connectivity index (χ3n) is 2.46. The predicted octanol–water partition coefficient (Wildman–Crippen LogP) is 1.97. The molecule has 17 heavy (non-hydrogen) atoms. The van der Waals surface area contributed by atoms with E-state index >= 15 is 0 Å². The molecule has 4 nitrogen and oxygen atoms in total. The van der Waals surface area contributed by atoms with Gasteiger partial charge in [0.1, 0.15) is 5.69 Å². The van der Waals surface area contributed by atoms with Crippen LogP contribution < -0.4 is 5.56 Å². The van der Waals surface area contributed by atoms with Crippen LogP contribution in [-0.4, -0.2) is 21.0 Å². The summed E-state index contributed by atoms with van der Waals surface area (Å²) in [6.07, 6.45) is 1.88. The first-order chi connectivity index (χ1) is 8.13. The van der Waals surface area contributed by atoms with Gasteiger partial charge in [0.25, 0.3) is 5.56 Å². The van der Waals surface area contributed by atoms with E-state index in [4.69, 9.17) is 0 Å². The highest BCUT2D eigenvalue weighted by atomic mass is 32.2. The van der Waals surface area contributed by atoms with Gasteiger partial charge >= 0.3 is 0 Å². The Hall–Kier alpha value is -1.62. The first kappa shape index (κ1) is 11.9. The molecule has 5 heteroatoms. The number of rotatable bonds is 2. The van der Waals surface area contributed by atoms with Gasteiger partial charge in [-0.2, -0.15) is 0 Å². The van der Waals surface area contributed by atoms with Crippen LogP contribution >= 0.6 is 11.8 Å². The molecule has 0 radical (unpaired) electrons. The molecule has 0 amide bonds. The number of aryl methyl sites for hydroxylation is 2. The average Bonchev–Trinajstić information content (AvgIpc) is 2.34. The monoisotopic (exact) mass is 247 g/mol. The van der Waals surface area contributed by atoms with E-state index < -0.39 is 0 Å². The molecule has 0 aliphatic heterocycles. The quantitative estimate of drug-likeness (QED) is 0.761. The largest absolute Gasteiger partial charge is 0.280 e. The van der Waals surface area contributed by atoms with Crippen molar-refractivity contribution in [1.29, 1.82) is 0 Å². The lowest BCUT2D eigenvalue weighted by atomic mass is 10.2. The van der Waals surface area contributed by atoms with E-state index in [2.05, 4.69) is 10.2 Å². The van der Waals surface area contributed by atoms with Gasteiger partial charge in [0.15, 0.2) is 5.16 Å². The Kier molecular flexibility index (Phi) is 3.28. The Morgan fingerprint density at radius 3 is 2.35 bits per heavy atom. The molecule has 0 spiro atoms. The van der Waals surface area contributed by atoms with Gasteiger partial charge in [-0.05, 0) is 32.2 Å². The maximum absolute atomic E-state index is 12.1. The maximum atomic E-state index is 12.1. The van der Waals surface area contributed by atoms with E-state index in [0.29, 0.717) is 10.9 Å². The van der Waals surface area contributed by atoms with Crippen molar-refractivity contribution < 1.29 is 0 Å². The molecule has 0 unspecified atom stereocenters. The van der Waals surface area contributed by atoms with Crippen molar-refractivity contribution in [1.82, 2.24) is 14.8 Å². The molecule has 0 N–H and O–H groups in total. The van der Waals surface area contributed by atoms with Gasteiger partial charge in [0.2, 0.25) is 0 Å². The van der Waals surface area contributed by atoms with E-state index in [1.54, 1.807) is 11.5 Å². The second kappa shape index (κ2) is 4.71. The summed E-state index contributed by atoms with van der Waals surface area (Å²) in [7, 11) is 0. The first-order valence-corrected chi connectivity index (χ1v) is 6.43. The van der Waals surface area contributed by atoms with Crippen LogP contribution in [0.4, 0.5) is 0 Å². The molecule has 0 aliphatic carbocycles. The highest BCUT2D eigenvalue weighted by Crippen LogP contribution is 2.15. The maximum Gasteiger partial charge on any atom is 0.280 e. The molecule has 1 heterocycles. The number of nitrogens with zero attached hydrogens (tertiary/aromatic N) is 3. The summed E-state index contributed by atoms with van der Waals surface area (Å²) >= 11 is 1.41. The minimum Gasteiger partial charge on any atom is -0.267 e.